The second-order valence-corrected chi connectivity index (χ2v) is 2.84. The van der Waals surface area contributed by atoms with Gasteiger partial charge in [-0.3, -0.25) is 4.99 Å². The molecular weight excluding hydrogens is 186 g/mol. The van der Waals surface area contributed by atoms with E-state index >= 15 is 0 Å². The van der Waals surface area contributed by atoms with Gasteiger partial charge in [0.05, 0.1) is 0 Å². The fourth-order valence-corrected chi connectivity index (χ4v) is 0.764. The maximum atomic E-state index is 5.25. The number of hydrogen-bond acceptors (Lipinski definition) is 3. The number of aliphatic imine (C=N–C) groups is 1. The summed E-state index contributed by atoms with van der Waals surface area (Å²) in [4.78, 5) is 7.66. The highest BCUT2D eigenvalue weighted by atomic mass is 14.8. The Balaban J connectivity index is 0.000000262. The summed E-state index contributed by atoms with van der Waals surface area (Å²) in [7, 11) is 0. The second kappa shape index (κ2) is 10.4. The van der Waals surface area contributed by atoms with Gasteiger partial charge in [-0.2, -0.15) is 0 Å². The first kappa shape index (κ1) is 13.4. The van der Waals surface area contributed by atoms with Crippen molar-refractivity contribution in [2.45, 2.75) is 26.7 Å². The maximum absolute atomic E-state index is 5.25. The molecule has 3 heteroatoms. The fourth-order valence-electron chi connectivity index (χ4n) is 0.764. The van der Waals surface area contributed by atoms with Crippen LogP contribution in [0.4, 0.5) is 5.82 Å². The lowest BCUT2D eigenvalue weighted by atomic mass is 10.3. The molecule has 0 atom stereocenters. The summed E-state index contributed by atoms with van der Waals surface area (Å²) in [5, 5.41) is 0. The molecule has 0 saturated heterocycles. The number of rotatable bonds is 3. The van der Waals surface area contributed by atoms with Crippen LogP contribution in [-0.4, -0.2) is 11.2 Å². The Kier molecular flexibility index (Phi) is 9.30. The predicted octanol–water partition coefficient (Wildman–Crippen LogP) is 3.05. The second-order valence-electron chi connectivity index (χ2n) is 2.84. The van der Waals surface area contributed by atoms with Crippen LogP contribution in [0.5, 0.6) is 0 Å². The topological polar surface area (TPSA) is 51.3 Å². The number of hydrogen-bond donors (Lipinski definition) is 1. The molecular formula is C12H19N3. The molecule has 3 nitrogen and oxygen atoms in total. The van der Waals surface area contributed by atoms with E-state index in [1.54, 1.807) is 18.5 Å². The van der Waals surface area contributed by atoms with Crippen LogP contribution < -0.4 is 5.73 Å². The van der Waals surface area contributed by atoms with Gasteiger partial charge in [-0.1, -0.05) is 25.5 Å². The van der Waals surface area contributed by atoms with Crippen LogP contribution in [0.1, 0.15) is 26.7 Å². The highest BCUT2D eigenvalue weighted by Gasteiger charge is 1.73. The number of nitrogens with two attached hydrogens (primary N) is 1. The van der Waals surface area contributed by atoms with Crippen LogP contribution >= 0.6 is 0 Å². The molecule has 1 heterocycles. The average Bonchev–Trinajstić information content (AvgIpc) is 2.27. The third-order valence-electron chi connectivity index (χ3n) is 1.48. The summed E-state index contributed by atoms with van der Waals surface area (Å²) in [5.74, 6) is 0.572. The molecule has 0 aromatic carbocycles. The normalized spacial score (nSPS) is 10.3. The van der Waals surface area contributed by atoms with Crippen LogP contribution in [0.25, 0.3) is 0 Å². The van der Waals surface area contributed by atoms with Gasteiger partial charge in [-0.05, 0) is 25.5 Å². The lowest BCUT2D eigenvalue weighted by molar-refractivity contribution is 0.956. The summed E-state index contributed by atoms with van der Waals surface area (Å²) in [6.07, 6.45) is 9.69. The number of pyridine rings is 1. The van der Waals surface area contributed by atoms with Gasteiger partial charge in [0.25, 0.3) is 0 Å². The van der Waals surface area contributed by atoms with Crippen LogP contribution in [-0.2, 0) is 0 Å². The molecule has 15 heavy (non-hydrogen) atoms. The van der Waals surface area contributed by atoms with Gasteiger partial charge in [-0.15, -0.1) is 0 Å². The molecule has 0 unspecified atom stereocenters. The first-order valence-corrected chi connectivity index (χ1v) is 5.10. The molecule has 0 radical (unpaired) electrons. The molecule has 0 saturated carbocycles. The number of allylic oxidation sites excluding steroid dienone is 1. The quantitative estimate of drug-likeness (QED) is 0.771. The van der Waals surface area contributed by atoms with Crippen molar-refractivity contribution in [1.29, 1.82) is 0 Å². The molecule has 1 aromatic heterocycles. The van der Waals surface area contributed by atoms with Gasteiger partial charge >= 0.3 is 0 Å². The van der Waals surface area contributed by atoms with Crippen molar-refractivity contribution in [3.63, 3.8) is 0 Å². The predicted molar refractivity (Wildman–Crippen MR) is 66.9 cm³/mol. The summed E-state index contributed by atoms with van der Waals surface area (Å²) in [6.45, 7) is 4.07. The molecule has 0 aliphatic heterocycles. The largest absolute Gasteiger partial charge is 0.384 e. The van der Waals surface area contributed by atoms with Gasteiger partial charge in [0.1, 0.15) is 5.82 Å². The van der Waals surface area contributed by atoms with Crippen LogP contribution in [0, 0.1) is 0 Å². The third kappa shape index (κ3) is 10.3. The van der Waals surface area contributed by atoms with E-state index in [9.17, 15) is 0 Å². The highest BCUT2D eigenvalue weighted by molar-refractivity contribution is 5.54. The molecule has 0 fully saturated rings. The molecule has 0 amide bonds. The van der Waals surface area contributed by atoms with Crippen molar-refractivity contribution in [2.75, 3.05) is 5.73 Å². The van der Waals surface area contributed by atoms with E-state index in [4.69, 9.17) is 5.73 Å². The van der Waals surface area contributed by atoms with Crippen LogP contribution in [0.3, 0.4) is 0 Å². The Morgan fingerprint density at radius 3 is 2.67 bits per heavy atom. The van der Waals surface area contributed by atoms with Crippen LogP contribution in [0.2, 0.25) is 0 Å². The standard InChI is InChI=1S/C7H13N.C5H6N2/c1-3-5-6-7-8-4-2;6-5-3-1-2-4-7-5/h4,6-7H,3,5H2,1-2H3;1-4H,(H2,6,7)/b7-6-,8-4?;. The van der Waals surface area contributed by atoms with E-state index in [0.717, 1.165) is 6.42 Å². The molecule has 0 spiro atoms. The molecule has 0 bridgehead atoms. The lowest BCUT2D eigenvalue weighted by Gasteiger charge is -1.82. The summed E-state index contributed by atoms with van der Waals surface area (Å²) < 4.78 is 0. The number of aromatic nitrogens is 1. The smallest absolute Gasteiger partial charge is 0.123 e. The fraction of sp³-hybridized carbons (Fsp3) is 0.333. The van der Waals surface area contributed by atoms with E-state index < -0.39 is 0 Å². The maximum Gasteiger partial charge on any atom is 0.123 e. The van der Waals surface area contributed by atoms with Gasteiger partial charge in [-0.25, -0.2) is 4.98 Å². The van der Waals surface area contributed by atoms with Gasteiger partial charge in [0.2, 0.25) is 0 Å². The number of anilines is 1. The monoisotopic (exact) mass is 205 g/mol. The Morgan fingerprint density at radius 2 is 2.27 bits per heavy atom. The third-order valence-corrected chi connectivity index (χ3v) is 1.48. The van der Waals surface area contributed by atoms with Crippen molar-refractivity contribution in [2.24, 2.45) is 4.99 Å². The molecule has 0 aliphatic rings. The van der Waals surface area contributed by atoms with Gasteiger partial charge in [0.15, 0.2) is 0 Å². The highest BCUT2D eigenvalue weighted by Crippen LogP contribution is 1.89. The van der Waals surface area contributed by atoms with E-state index in [-0.39, 0.29) is 0 Å². The SMILES string of the molecule is CC=N/C=C\CCC.Nc1ccccn1. The molecule has 82 valence electrons. The van der Waals surface area contributed by atoms with E-state index in [2.05, 4.69) is 23.0 Å². The Morgan fingerprint density at radius 1 is 1.47 bits per heavy atom. The first-order valence-electron chi connectivity index (χ1n) is 5.10. The summed E-state index contributed by atoms with van der Waals surface area (Å²) in [6, 6.07) is 5.43. The lowest BCUT2D eigenvalue weighted by Crippen LogP contribution is -1.85. The minimum atomic E-state index is 0.572. The zero-order valence-electron chi connectivity index (χ0n) is 9.43. The van der Waals surface area contributed by atoms with E-state index in [1.807, 2.05) is 25.3 Å². The van der Waals surface area contributed by atoms with Crippen molar-refractivity contribution < 1.29 is 0 Å². The first-order chi connectivity index (χ1) is 7.31. The summed E-state index contributed by atoms with van der Waals surface area (Å²) in [5.41, 5.74) is 5.25. The minimum absolute atomic E-state index is 0.572. The van der Waals surface area contributed by atoms with E-state index in [0.29, 0.717) is 5.82 Å². The molecule has 1 aromatic rings. The molecule has 2 N–H and O–H groups in total. The molecule has 0 aliphatic carbocycles. The number of unbranched alkanes of at least 4 members (excludes halogenated alkanes) is 1. The minimum Gasteiger partial charge on any atom is -0.384 e. The Labute approximate surface area is 91.8 Å². The van der Waals surface area contributed by atoms with Gasteiger partial charge in [0, 0.05) is 18.6 Å². The molecule has 1 rings (SSSR count). The van der Waals surface area contributed by atoms with Crippen molar-refractivity contribution >= 4 is 12.0 Å². The van der Waals surface area contributed by atoms with E-state index in [1.165, 1.54) is 6.42 Å². The van der Waals surface area contributed by atoms with Crippen molar-refractivity contribution in [3.8, 4) is 0 Å². The summed E-state index contributed by atoms with van der Waals surface area (Å²) >= 11 is 0. The van der Waals surface area contributed by atoms with Gasteiger partial charge < -0.3 is 5.73 Å². The van der Waals surface area contributed by atoms with Crippen molar-refractivity contribution in [3.05, 3.63) is 36.7 Å². The zero-order valence-corrected chi connectivity index (χ0v) is 9.43. The average molecular weight is 205 g/mol. The van der Waals surface area contributed by atoms with Crippen LogP contribution in [0.15, 0.2) is 41.7 Å². The Hall–Kier alpha value is -1.64. The van der Waals surface area contributed by atoms with Crippen molar-refractivity contribution in [1.82, 2.24) is 4.98 Å². The number of nitrogen functional groups attached to an aromatic ring is 1. The zero-order chi connectivity index (χ0) is 11.4. The Bertz CT molecular complexity index is 278. The number of nitrogens with zero attached hydrogens (tertiary/aromatic N) is 2.